The Morgan fingerprint density at radius 3 is 2.86 bits per heavy atom. The first-order valence-corrected chi connectivity index (χ1v) is 8.59. The molecule has 0 unspecified atom stereocenters. The van der Waals surface area contributed by atoms with E-state index in [4.69, 9.17) is 4.74 Å². The number of aromatic nitrogens is 6. The second-order valence-corrected chi connectivity index (χ2v) is 5.92. The van der Waals surface area contributed by atoms with Gasteiger partial charge in [-0.15, -0.1) is 5.10 Å². The molecule has 9 heteroatoms. The van der Waals surface area contributed by atoms with Crippen molar-refractivity contribution < 1.29 is 9.53 Å². The van der Waals surface area contributed by atoms with Crippen molar-refractivity contribution in [3.63, 3.8) is 0 Å². The Labute approximate surface area is 160 Å². The lowest BCUT2D eigenvalue weighted by Gasteiger charge is -2.12. The van der Waals surface area contributed by atoms with Gasteiger partial charge in [0.05, 0.1) is 17.7 Å². The summed E-state index contributed by atoms with van der Waals surface area (Å²) in [6, 6.07) is 15.0. The molecule has 4 rings (SSSR count). The molecule has 4 aromatic rings. The molecular weight excluding hydrogens is 358 g/mol. The van der Waals surface area contributed by atoms with Crippen LogP contribution in [-0.4, -0.2) is 42.3 Å². The summed E-state index contributed by atoms with van der Waals surface area (Å²) in [6.07, 6.45) is 6.79. The number of rotatable bonds is 7. The smallest absolute Gasteiger partial charge is 0.258 e. The van der Waals surface area contributed by atoms with Crippen LogP contribution in [0.4, 0.5) is 0 Å². The maximum Gasteiger partial charge on any atom is 0.258 e. The number of para-hydroxylation sites is 1. The Balaban J connectivity index is 1.34. The van der Waals surface area contributed by atoms with E-state index in [1.54, 1.807) is 24.7 Å². The van der Waals surface area contributed by atoms with Gasteiger partial charge in [-0.2, -0.15) is 0 Å². The first-order chi connectivity index (χ1) is 13.8. The average Bonchev–Trinajstić information content (AvgIpc) is 3.45. The molecule has 2 aromatic heterocycles. The maximum atomic E-state index is 12.2. The summed E-state index contributed by atoms with van der Waals surface area (Å²) in [5.74, 6) is 0.343. The van der Waals surface area contributed by atoms with Crippen molar-refractivity contribution in [2.75, 3.05) is 6.61 Å². The van der Waals surface area contributed by atoms with E-state index in [0.29, 0.717) is 12.3 Å². The summed E-state index contributed by atoms with van der Waals surface area (Å²) in [4.78, 5) is 16.3. The highest BCUT2D eigenvalue weighted by Gasteiger charge is 2.08. The fourth-order valence-corrected chi connectivity index (χ4v) is 2.70. The standard InChI is InChI=1S/C19H17N7O2/c27-19(12-28-17-6-3-5-16(10-17)26-14-22-23-24-26)21-11-15-4-1-2-7-18(15)25-9-8-20-13-25/h1-10,13-14H,11-12H2,(H,21,27). The van der Waals surface area contributed by atoms with Gasteiger partial charge in [0.1, 0.15) is 12.1 Å². The second kappa shape index (κ2) is 8.12. The van der Waals surface area contributed by atoms with E-state index >= 15 is 0 Å². The van der Waals surface area contributed by atoms with Crippen LogP contribution >= 0.6 is 0 Å². The topological polar surface area (TPSA) is 99.8 Å². The molecule has 0 saturated carbocycles. The molecule has 0 aliphatic heterocycles. The number of hydrogen-bond acceptors (Lipinski definition) is 6. The van der Waals surface area contributed by atoms with Crippen LogP contribution < -0.4 is 10.1 Å². The predicted octanol–water partition coefficient (Wildman–Crippen LogP) is 1.54. The number of nitrogens with zero attached hydrogens (tertiary/aromatic N) is 6. The summed E-state index contributed by atoms with van der Waals surface area (Å²) >= 11 is 0. The molecule has 0 radical (unpaired) electrons. The molecule has 0 aliphatic rings. The van der Waals surface area contributed by atoms with Crippen LogP contribution in [0.5, 0.6) is 5.75 Å². The van der Waals surface area contributed by atoms with Crippen LogP contribution in [-0.2, 0) is 11.3 Å². The fourth-order valence-electron chi connectivity index (χ4n) is 2.70. The van der Waals surface area contributed by atoms with Crippen LogP contribution in [0.25, 0.3) is 11.4 Å². The third kappa shape index (κ3) is 4.04. The van der Waals surface area contributed by atoms with E-state index in [0.717, 1.165) is 16.9 Å². The first-order valence-electron chi connectivity index (χ1n) is 8.59. The second-order valence-electron chi connectivity index (χ2n) is 5.92. The van der Waals surface area contributed by atoms with Gasteiger partial charge in [0, 0.05) is 25.0 Å². The molecule has 2 aromatic carbocycles. The lowest BCUT2D eigenvalue weighted by Crippen LogP contribution is -2.28. The summed E-state index contributed by atoms with van der Waals surface area (Å²) in [6.45, 7) is 0.299. The van der Waals surface area contributed by atoms with Gasteiger partial charge in [0.15, 0.2) is 6.61 Å². The first kappa shape index (κ1) is 17.4. The van der Waals surface area contributed by atoms with Gasteiger partial charge >= 0.3 is 0 Å². The molecule has 2 heterocycles. The van der Waals surface area contributed by atoms with Crippen molar-refractivity contribution in [2.45, 2.75) is 6.54 Å². The molecule has 0 atom stereocenters. The SMILES string of the molecule is O=C(COc1cccc(-n2cnnn2)c1)NCc1ccccc1-n1ccnc1. The fraction of sp³-hybridized carbons (Fsp3) is 0.105. The predicted molar refractivity (Wildman–Crippen MR) is 100 cm³/mol. The number of benzene rings is 2. The van der Waals surface area contributed by atoms with E-state index in [2.05, 4.69) is 25.8 Å². The van der Waals surface area contributed by atoms with E-state index in [9.17, 15) is 4.79 Å². The number of ether oxygens (including phenoxy) is 1. The Bertz CT molecular complexity index is 1050. The third-order valence-corrected chi connectivity index (χ3v) is 4.05. The molecule has 0 saturated heterocycles. The van der Waals surface area contributed by atoms with Crippen molar-refractivity contribution in [3.8, 4) is 17.1 Å². The quantitative estimate of drug-likeness (QED) is 0.526. The number of carbonyl (C=O) groups excluding carboxylic acids is 1. The summed E-state index contributed by atoms with van der Waals surface area (Å²) in [7, 11) is 0. The minimum absolute atomic E-state index is 0.0910. The van der Waals surface area contributed by atoms with Gasteiger partial charge < -0.3 is 14.6 Å². The van der Waals surface area contributed by atoms with Crippen LogP contribution in [0.1, 0.15) is 5.56 Å². The van der Waals surface area contributed by atoms with E-state index in [1.807, 2.05) is 47.2 Å². The minimum atomic E-state index is -0.215. The largest absolute Gasteiger partial charge is 0.484 e. The zero-order chi connectivity index (χ0) is 19.2. The molecule has 9 nitrogen and oxygen atoms in total. The van der Waals surface area contributed by atoms with Crippen LogP contribution in [0.15, 0.2) is 73.6 Å². The number of nitrogens with one attached hydrogen (secondary N) is 1. The molecule has 28 heavy (non-hydrogen) atoms. The van der Waals surface area contributed by atoms with Crippen molar-refractivity contribution in [2.24, 2.45) is 0 Å². The van der Waals surface area contributed by atoms with Crippen molar-refractivity contribution in [3.05, 3.63) is 79.1 Å². The highest BCUT2D eigenvalue weighted by Crippen LogP contribution is 2.16. The molecular formula is C19H17N7O2. The third-order valence-electron chi connectivity index (χ3n) is 4.05. The molecule has 1 amide bonds. The van der Waals surface area contributed by atoms with Crippen molar-refractivity contribution in [1.29, 1.82) is 0 Å². The number of amides is 1. The van der Waals surface area contributed by atoms with Gasteiger partial charge in [-0.3, -0.25) is 4.79 Å². The van der Waals surface area contributed by atoms with Gasteiger partial charge in [0.25, 0.3) is 5.91 Å². The van der Waals surface area contributed by atoms with Crippen LogP contribution in [0.2, 0.25) is 0 Å². The van der Waals surface area contributed by atoms with E-state index < -0.39 is 0 Å². The Morgan fingerprint density at radius 1 is 1.11 bits per heavy atom. The lowest BCUT2D eigenvalue weighted by atomic mass is 10.1. The maximum absolute atomic E-state index is 12.2. The Morgan fingerprint density at radius 2 is 2.04 bits per heavy atom. The molecule has 0 fully saturated rings. The number of tetrazole rings is 1. The highest BCUT2D eigenvalue weighted by atomic mass is 16.5. The minimum Gasteiger partial charge on any atom is -0.484 e. The Hall–Kier alpha value is -4.01. The average molecular weight is 375 g/mol. The zero-order valence-corrected chi connectivity index (χ0v) is 14.8. The van der Waals surface area contributed by atoms with Gasteiger partial charge in [0.2, 0.25) is 0 Å². The molecule has 0 aliphatic carbocycles. The van der Waals surface area contributed by atoms with E-state index in [1.165, 1.54) is 11.0 Å². The monoisotopic (exact) mass is 375 g/mol. The van der Waals surface area contributed by atoms with Crippen molar-refractivity contribution >= 4 is 5.91 Å². The lowest BCUT2D eigenvalue weighted by molar-refractivity contribution is -0.123. The summed E-state index contributed by atoms with van der Waals surface area (Å²) in [5.41, 5.74) is 2.70. The number of hydrogen-bond donors (Lipinski definition) is 1. The Kier molecular flexibility index (Phi) is 5.05. The zero-order valence-electron chi connectivity index (χ0n) is 14.8. The van der Waals surface area contributed by atoms with Crippen LogP contribution in [0.3, 0.4) is 0 Å². The highest BCUT2D eigenvalue weighted by molar-refractivity contribution is 5.77. The van der Waals surface area contributed by atoms with Gasteiger partial charge in [-0.25, -0.2) is 9.67 Å². The van der Waals surface area contributed by atoms with Gasteiger partial charge in [-0.1, -0.05) is 24.3 Å². The summed E-state index contributed by atoms with van der Waals surface area (Å²) in [5, 5.41) is 13.9. The van der Waals surface area contributed by atoms with Crippen molar-refractivity contribution in [1.82, 2.24) is 35.1 Å². The normalized spacial score (nSPS) is 10.6. The van der Waals surface area contributed by atoms with Gasteiger partial charge in [-0.05, 0) is 34.2 Å². The summed E-state index contributed by atoms with van der Waals surface area (Å²) < 4.78 is 9.01. The molecule has 0 spiro atoms. The molecule has 0 bridgehead atoms. The number of carbonyl (C=O) groups is 1. The molecule has 1 N–H and O–H groups in total. The molecule has 140 valence electrons. The number of imidazole rings is 1. The van der Waals surface area contributed by atoms with E-state index in [-0.39, 0.29) is 12.5 Å². The van der Waals surface area contributed by atoms with Crippen LogP contribution in [0, 0.1) is 0 Å².